The van der Waals surface area contributed by atoms with Crippen LogP contribution >= 0.6 is 0 Å². The van der Waals surface area contributed by atoms with Crippen molar-refractivity contribution in [2.24, 2.45) is 0 Å². The van der Waals surface area contributed by atoms with Crippen molar-refractivity contribution in [1.29, 1.82) is 0 Å². The predicted octanol–water partition coefficient (Wildman–Crippen LogP) is 3.71. The number of rotatable bonds is 3. The second-order valence-corrected chi connectivity index (χ2v) is 8.92. The number of benzene rings is 2. The van der Waals surface area contributed by atoms with E-state index < -0.39 is 6.04 Å². The van der Waals surface area contributed by atoms with Crippen molar-refractivity contribution in [3.63, 3.8) is 0 Å². The summed E-state index contributed by atoms with van der Waals surface area (Å²) in [5.74, 6) is 1.39. The maximum atomic E-state index is 13.3. The van der Waals surface area contributed by atoms with Gasteiger partial charge in [-0.2, -0.15) is 0 Å². The lowest BCUT2D eigenvalue weighted by molar-refractivity contribution is -0.137. The smallest absolute Gasteiger partial charge is 0.248 e. The number of imidazole rings is 1. The summed E-state index contributed by atoms with van der Waals surface area (Å²) in [6.07, 6.45) is 5.66. The van der Waals surface area contributed by atoms with Crippen molar-refractivity contribution in [3.8, 4) is 28.1 Å². The van der Waals surface area contributed by atoms with E-state index in [4.69, 9.17) is 9.47 Å². The van der Waals surface area contributed by atoms with Crippen LogP contribution < -0.4 is 10.1 Å². The summed E-state index contributed by atoms with van der Waals surface area (Å²) in [7, 11) is 0. The Morgan fingerprint density at radius 1 is 1.06 bits per heavy atom. The molecule has 0 aliphatic carbocycles. The molecular formula is C27H30N4O4. The molecule has 0 unspecified atom stereocenters. The van der Waals surface area contributed by atoms with Crippen molar-refractivity contribution in [2.45, 2.75) is 37.8 Å². The Labute approximate surface area is 204 Å². The molecule has 5 rings (SSSR count). The number of aromatic amines is 1. The quantitative estimate of drug-likeness (QED) is 0.564. The van der Waals surface area contributed by atoms with Crippen LogP contribution in [-0.2, 0) is 14.3 Å². The minimum Gasteiger partial charge on any atom is -0.493 e. The van der Waals surface area contributed by atoms with Crippen molar-refractivity contribution in [3.05, 3.63) is 60.6 Å². The standard InChI is InChI=1S/C27H30N4O4/c32-18-29-23-17-34-13-4-5-14-35-25-11-10-20(19-7-2-1-3-8-19)15-21(25)22-16-28-26(30-22)24-9-6-12-31(24)27(23)33/h1-3,7-8,10-11,15-16,18,23-24H,4-6,9,12-14,17H2,(H,28,30)(H,29,32)/t23-,24-/m0/s1. The molecule has 8 heteroatoms. The number of nitrogens with one attached hydrogen (secondary N) is 2. The summed E-state index contributed by atoms with van der Waals surface area (Å²) < 4.78 is 11.9. The Morgan fingerprint density at radius 2 is 1.91 bits per heavy atom. The van der Waals surface area contributed by atoms with Crippen molar-refractivity contribution < 1.29 is 19.1 Å². The SMILES string of the molecule is O=CN[C@H]1COCCCCOc2ccc(-c3ccccc3)cc2-c2cnc([nH]2)[C@@H]2CCCN2C1=O. The van der Waals surface area contributed by atoms with Crippen LogP contribution in [0.1, 0.15) is 37.5 Å². The number of carbonyl (C=O) groups is 2. The normalized spacial score (nSPS) is 21.0. The molecule has 8 nitrogen and oxygen atoms in total. The van der Waals surface area contributed by atoms with Gasteiger partial charge in [0.2, 0.25) is 12.3 Å². The lowest BCUT2D eigenvalue weighted by Gasteiger charge is -2.27. The van der Waals surface area contributed by atoms with Crippen LogP contribution in [-0.4, -0.2) is 59.6 Å². The van der Waals surface area contributed by atoms with Crippen LogP contribution in [0.25, 0.3) is 22.4 Å². The number of hydrogen-bond acceptors (Lipinski definition) is 5. The fourth-order valence-electron chi connectivity index (χ4n) is 4.80. The summed E-state index contributed by atoms with van der Waals surface area (Å²) in [6.45, 7) is 1.81. The molecule has 3 heterocycles. The van der Waals surface area contributed by atoms with E-state index in [9.17, 15) is 9.59 Å². The molecule has 2 aromatic carbocycles. The summed E-state index contributed by atoms with van der Waals surface area (Å²) in [5, 5.41) is 2.63. The molecule has 0 radical (unpaired) electrons. The molecule has 0 spiro atoms. The summed E-state index contributed by atoms with van der Waals surface area (Å²) >= 11 is 0. The molecule has 2 aliphatic heterocycles. The Kier molecular flexibility index (Phi) is 7.09. The summed E-state index contributed by atoms with van der Waals surface area (Å²) in [4.78, 5) is 34.4. The van der Waals surface area contributed by atoms with Gasteiger partial charge in [0.05, 0.1) is 31.1 Å². The van der Waals surface area contributed by atoms with E-state index in [1.54, 1.807) is 4.90 Å². The van der Waals surface area contributed by atoms with Crippen molar-refractivity contribution in [1.82, 2.24) is 20.2 Å². The second-order valence-electron chi connectivity index (χ2n) is 8.92. The Hall–Kier alpha value is -3.65. The molecule has 3 aromatic rings. The third-order valence-corrected chi connectivity index (χ3v) is 6.62. The fourth-order valence-corrected chi connectivity index (χ4v) is 4.80. The number of carbonyl (C=O) groups excluding carboxylic acids is 2. The molecule has 2 bridgehead atoms. The highest BCUT2D eigenvalue weighted by Crippen LogP contribution is 2.36. The van der Waals surface area contributed by atoms with Gasteiger partial charge in [0.1, 0.15) is 17.6 Å². The van der Waals surface area contributed by atoms with E-state index >= 15 is 0 Å². The fraction of sp³-hybridized carbons (Fsp3) is 0.370. The Bertz CT molecular complexity index is 1160. The van der Waals surface area contributed by atoms with Gasteiger partial charge < -0.3 is 24.7 Å². The molecule has 1 saturated heterocycles. The predicted molar refractivity (Wildman–Crippen MR) is 132 cm³/mol. The van der Waals surface area contributed by atoms with Gasteiger partial charge >= 0.3 is 0 Å². The first-order chi connectivity index (χ1) is 17.2. The molecule has 1 fully saturated rings. The van der Waals surface area contributed by atoms with E-state index in [1.807, 2.05) is 30.5 Å². The van der Waals surface area contributed by atoms with E-state index in [2.05, 4.69) is 39.6 Å². The van der Waals surface area contributed by atoms with Crippen LogP contribution in [0.4, 0.5) is 0 Å². The summed E-state index contributed by atoms with van der Waals surface area (Å²) in [6, 6.07) is 15.5. The second kappa shape index (κ2) is 10.7. The van der Waals surface area contributed by atoms with E-state index in [0.717, 1.165) is 59.6 Å². The number of H-pyrrole nitrogens is 1. The van der Waals surface area contributed by atoms with Crippen LogP contribution in [0, 0.1) is 0 Å². The molecule has 2 amide bonds. The topological polar surface area (TPSA) is 96.6 Å². The Balaban J connectivity index is 1.51. The van der Waals surface area contributed by atoms with Gasteiger partial charge in [-0.3, -0.25) is 9.59 Å². The number of aromatic nitrogens is 2. The number of hydrogen-bond donors (Lipinski definition) is 2. The van der Waals surface area contributed by atoms with E-state index in [0.29, 0.717) is 26.2 Å². The molecule has 182 valence electrons. The zero-order valence-electron chi connectivity index (χ0n) is 19.6. The zero-order chi connectivity index (χ0) is 24.0. The lowest BCUT2D eigenvalue weighted by atomic mass is 10.0. The third kappa shape index (κ3) is 5.07. The monoisotopic (exact) mass is 474 g/mol. The van der Waals surface area contributed by atoms with Crippen LogP contribution in [0.5, 0.6) is 5.75 Å². The first-order valence-electron chi connectivity index (χ1n) is 12.2. The molecule has 2 aliphatic rings. The number of ether oxygens (including phenoxy) is 2. The maximum absolute atomic E-state index is 13.3. The van der Waals surface area contributed by atoms with Crippen LogP contribution in [0.3, 0.4) is 0 Å². The number of amides is 2. The van der Waals surface area contributed by atoms with Gasteiger partial charge in [0.25, 0.3) is 0 Å². The molecule has 1 aromatic heterocycles. The van der Waals surface area contributed by atoms with Crippen LogP contribution in [0.2, 0.25) is 0 Å². The highest BCUT2D eigenvalue weighted by molar-refractivity contribution is 5.84. The summed E-state index contributed by atoms with van der Waals surface area (Å²) in [5.41, 5.74) is 4.00. The average molecular weight is 475 g/mol. The van der Waals surface area contributed by atoms with Crippen molar-refractivity contribution in [2.75, 3.05) is 26.4 Å². The maximum Gasteiger partial charge on any atom is 0.248 e. The third-order valence-electron chi connectivity index (χ3n) is 6.62. The molecular weight excluding hydrogens is 444 g/mol. The highest BCUT2D eigenvalue weighted by atomic mass is 16.5. The average Bonchev–Trinajstić information content (AvgIpc) is 3.57. The molecule has 2 N–H and O–H groups in total. The molecule has 2 atom stereocenters. The minimum absolute atomic E-state index is 0.139. The van der Waals surface area contributed by atoms with Gasteiger partial charge in [-0.05, 0) is 48.9 Å². The van der Waals surface area contributed by atoms with E-state index in [-0.39, 0.29) is 18.6 Å². The highest BCUT2D eigenvalue weighted by Gasteiger charge is 2.35. The van der Waals surface area contributed by atoms with E-state index in [1.165, 1.54) is 0 Å². The van der Waals surface area contributed by atoms with Gasteiger partial charge in [0, 0.05) is 18.7 Å². The van der Waals surface area contributed by atoms with Crippen LogP contribution in [0.15, 0.2) is 54.7 Å². The largest absolute Gasteiger partial charge is 0.493 e. The van der Waals surface area contributed by atoms with Crippen molar-refractivity contribution >= 4 is 12.3 Å². The van der Waals surface area contributed by atoms with Gasteiger partial charge in [-0.25, -0.2) is 4.98 Å². The lowest BCUT2D eigenvalue weighted by Crippen LogP contribution is -2.48. The number of fused-ring (bicyclic) bond motifs is 6. The molecule has 35 heavy (non-hydrogen) atoms. The first kappa shape index (κ1) is 23.1. The first-order valence-corrected chi connectivity index (χ1v) is 12.2. The van der Waals surface area contributed by atoms with Gasteiger partial charge in [-0.1, -0.05) is 36.4 Å². The van der Waals surface area contributed by atoms with Gasteiger partial charge in [0.15, 0.2) is 0 Å². The number of nitrogens with zero attached hydrogens (tertiary/aromatic N) is 2. The molecule has 0 saturated carbocycles. The minimum atomic E-state index is -0.708. The zero-order valence-corrected chi connectivity index (χ0v) is 19.6. The Morgan fingerprint density at radius 3 is 2.77 bits per heavy atom. The van der Waals surface area contributed by atoms with Gasteiger partial charge in [-0.15, -0.1) is 0 Å².